The van der Waals surface area contributed by atoms with Crippen LogP contribution in [0.5, 0.6) is 11.5 Å². The number of halogens is 1. The lowest BCUT2D eigenvalue weighted by atomic mass is 9.98. The van der Waals surface area contributed by atoms with E-state index in [0.717, 1.165) is 22.4 Å². The van der Waals surface area contributed by atoms with Crippen LogP contribution < -0.4 is 4.74 Å². The second-order valence-corrected chi connectivity index (χ2v) is 7.97. The molecule has 4 rings (SSSR count). The summed E-state index contributed by atoms with van der Waals surface area (Å²) in [5, 5.41) is 16.0. The van der Waals surface area contributed by atoms with E-state index >= 15 is 0 Å². The van der Waals surface area contributed by atoms with Crippen molar-refractivity contribution in [3.05, 3.63) is 88.6 Å². The minimum Gasteiger partial charge on any atom is -0.507 e. The molecular formula is C25H23ClN2O2. The van der Waals surface area contributed by atoms with E-state index in [-0.39, 0.29) is 5.75 Å². The van der Waals surface area contributed by atoms with Crippen molar-refractivity contribution in [3.63, 3.8) is 0 Å². The first-order valence-corrected chi connectivity index (χ1v) is 10.1. The van der Waals surface area contributed by atoms with Crippen LogP contribution in [0.1, 0.15) is 16.7 Å². The molecule has 30 heavy (non-hydrogen) atoms. The standard InChI is InChI=1S/C25H23ClN2O2/c1-16-10-17(2)12-19(11-16)23-14-28(3)27-25(23)22-9-8-21(13-24(22)29)30-15-18-4-6-20(26)7-5-18/h4-14,29H,15H2,1-3H3. The van der Waals surface area contributed by atoms with Gasteiger partial charge in [0.25, 0.3) is 0 Å². The van der Waals surface area contributed by atoms with Crippen LogP contribution >= 0.6 is 11.6 Å². The Balaban J connectivity index is 1.63. The van der Waals surface area contributed by atoms with Gasteiger partial charge in [-0.15, -0.1) is 0 Å². The first-order chi connectivity index (χ1) is 14.4. The van der Waals surface area contributed by atoms with Crippen molar-refractivity contribution in [1.29, 1.82) is 0 Å². The van der Waals surface area contributed by atoms with Crippen LogP contribution in [0.2, 0.25) is 5.02 Å². The largest absolute Gasteiger partial charge is 0.507 e. The van der Waals surface area contributed by atoms with E-state index in [2.05, 4.69) is 37.1 Å². The molecule has 1 N–H and O–H groups in total. The summed E-state index contributed by atoms with van der Waals surface area (Å²) in [6.07, 6.45) is 1.98. The highest BCUT2D eigenvalue weighted by molar-refractivity contribution is 6.30. The van der Waals surface area contributed by atoms with Gasteiger partial charge in [0.15, 0.2) is 0 Å². The summed E-state index contributed by atoms with van der Waals surface area (Å²) in [5.74, 6) is 0.725. The molecule has 0 atom stereocenters. The topological polar surface area (TPSA) is 47.3 Å². The number of aromatic hydroxyl groups is 1. The summed E-state index contributed by atoms with van der Waals surface area (Å²) >= 11 is 5.92. The molecule has 0 saturated carbocycles. The van der Waals surface area contributed by atoms with E-state index in [4.69, 9.17) is 16.3 Å². The molecule has 0 aliphatic rings. The fourth-order valence-corrected chi connectivity index (χ4v) is 3.70. The van der Waals surface area contributed by atoms with Crippen LogP contribution in [-0.4, -0.2) is 14.9 Å². The quantitative estimate of drug-likeness (QED) is 0.413. The number of phenols is 1. The molecule has 0 saturated heterocycles. The average Bonchev–Trinajstić information content (AvgIpc) is 3.08. The Hall–Kier alpha value is -3.24. The first-order valence-electron chi connectivity index (χ1n) is 9.72. The molecule has 0 fully saturated rings. The van der Waals surface area contributed by atoms with Gasteiger partial charge in [-0.3, -0.25) is 4.68 Å². The van der Waals surface area contributed by atoms with Gasteiger partial charge in [-0.1, -0.05) is 53.1 Å². The third-order valence-electron chi connectivity index (χ3n) is 4.90. The zero-order valence-corrected chi connectivity index (χ0v) is 17.9. The Bertz CT molecular complexity index is 1180. The lowest BCUT2D eigenvalue weighted by molar-refractivity contribution is 0.304. The summed E-state index contributed by atoms with van der Waals surface area (Å²) in [4.78, 5) is 0. The maximum absolute atomic E-state index is 10.7. The van der Waals surface area contributed by atoms with Gasteiger partial charge in [0.1, 0.15) is 23.8 Å². The minimum absolute atomic E-state index is 0.132. The zero-order valence-electron chi connectivity index (χ0n) is 17.2. The molecule has 0 aliphatic heterocycles. The van der Waals surface area contributed by atoms with Gasteiger partial charge in [-0.2, -0.15) is 5.10 Å². The molecule has 0 radical (unpaired) electrons. The highest BCUT2D eigenvalue weighted by atomic mass is 35.5. The molecule has 3 aromatic carbocycles. The SMILES string of the molecule is Cc1cc(C)cc(-c2cn(C)nc2-c2ccc(OCc3ccc(Cl)cc3)cc2O)c1. The number of rotatable bonds is 5. The van der Waals surface area contributed by atoms with E-state index in [1.165, 1.54) is 11.1 Å². The van der Waals surface area contributed by atoms with Crippen molar-refractivity contribution < 1.29 is 9.84 Å². The van der Waals surface area contributed by atoms with Crippen molar-refractivity contribution in [2.75, 3.05) is 0 Å². The van der Waals surface area contributed by atoms with Crippen molar-refractivity contribution in [1.82, 2.24) is 9.78 Å². The summed E-state index contributed by atoms with van der Waals surface area (Å²) in [6.45, 7) is 4.56. The molecule has 152 valence electrons. The van der Waals surface area contributed by atoms with Crippen LogP contribution in [0.15, 0.2) is 66.9 Å². The maximum atomic E-state index is 10.7. The third-order valence-corrected chi connectivity index (χ3v) is 5.16. The van der Waals surface area contributed by atoms with E-state index < -0.39 is 0 Å². The molecule has 0 bridgehead atoms. The van der Waals surface area contributed by atoms with Crippen molar-refractivity contribution in [3.8, 4) is 33.9 Å². The summed E-state index contributed by atoms with van der Waals surface area (Å²) < 4.78 is 7.60. The van der Waals surface area contributed by atoms with Crippen LogP contribution in [0.25, 0.3) is 22.4 Å². The molecule has 4 nitrogen and oxygen atoms in total. The maximum Gasteiger partial charge on any atom is 0.128 e. The van der Waals surface area contributed by atoms with Gasteiger partial charge in [-0.25, -0.2) is 0 Å². The normalized spacial score (nSPS) is 10.9. The van der Waals surface area contributed by atoms with E-state index in [1.807, 2.05) is 49.6 Å². The van der Waals surface area contributed by atoms with Crippen LogP contribution in [0.3, 0.4) is 0 Å². The Morgan fingerprint density at radius 1 is 0.933 bits per heavy atom. The van der Waals surface area contributed by atoms with Crippen molar-refractivity contribution in [2.45, 2.75) is 20.5 Å². The summed E-state index contributed by atoms with van der Waals surface area (Å²) in [5.41, 5.74) is 6.86. The molecule has 0 unspecified atom stereocenters. The number of aryl methyl sites for hydroxylation is 3. The van der Waals surface area contributed by atoms with E-state index in [9.17, 15) is 5.11 Å². The second-order valence-electron chi connectivity index (χ2n) is 7.54. The smallest absolute Gasteiger partial charge is 0.128 e. The van der Waals surface area contributed by atoms with Gasteiger partial charge in [0, 0.05) is 35.5 Å². The lowest BCUT2D eigenvalue weighted by Crippen LogP contribution is -1.95. The molecule has 0 spiro atoms. The summed E-state index contributed by atoms with van der Waals surface area (Å²) in [7, 11) is 1.89. The zero-order chi connectivity index (χ0) is 21.3. The lowest BCUT2D eigenvalue weighted by Gasteiger charge is -2.10. The van der Waals surface area contributed by atoms with Gasteiger partial charge < -0.3 is 9.84 Å². The Morgan fingerprint density at radius 2 is 1.63 bits per heavy atom. The predicted octanol–water partition coefficient (Wildman–Crippen LogP) is 6.31. The molecule has 0 aliphatic carbocycles. The minimum atomic E-state index is 0.132. The van der Waals surface area contributed by atoms with Gasteiger partial charge >= 0.3 is 0 Å². The summed E-state index contributed by atoms with van der Waals surface area (Å²) in [6, 6.07) is 19.2. The molecule has 0 amide bonds. The fraction of sp³-hybridized carbons (Fsp3) is 0.160. The predicted molar refractivity (Wildman–Crippen MR) is 121 cm³/mol. The Morgan fingerprint density at radius 3 is 2.30 bits per heavy atom. The van der Waals surface area contributed by atoms with Crippen LogP contribution in [0, 0.1) is 13.8 Å². The van der Waals surface area contributed by atoms with Crippen LogP contribution in [0.4, 0.5) is 0 Å². The third kappa shape index (κ3) is 4.34. The number of hydrogen-bond acceptors (Lipinski definition) is 3. The molecule has 4 aromatic rings. The van der Waals surface area contributed by atoms with Crippen molar-refractivity contribution >= 4 is 11.6 Å². The van der Waals surface area contributed by atoms with E-state index in [0.29, 0.717) is 22.9 Å². The first kappa shape index (κ1) is 20.0. The highest BCUT2D eigenvalue weighted by Gasteiger charge is 2.16. The van der Waals surface area contributed by atoms with Gasteiger partial charge in [0.05, 0.1) is 0 Å². The number of nitrogens with zero attached hydrogens (tertiary/aromatic N) is 2. The molecule has 5 heteroatoms. The number of phenolic OH excluding ortho intramolecular Hbond substituents is 1. The number of ether oxygens (including phenoxy) is 1. The molecule has 1 heterocycles. The van der Waals surface area contributed by atoms with Crippen molar-refractivity contribution in [2.24, 2.45) is 7.05 Å². The van der Waals surface area contributed by atoms with Gasteiger partial charge in [0.2, 0.25) is 0 Å². The number of aromatic nitrogens is 2. The Labute approximate surface area is 181 Å². The molecular weight excluding hydrogens is 396 g/mol. The second kappa shape index (κ2) is 8.25. The fourth-order valence-electron chi connectivity index (χ4n) is 3.58. The highest BCUT2D eigenvalue weighted by Crippen LogP contribution is 2.38. The van der Waals surface area contributed by atoms with Gasteiger partial charge in [-0.05, 0) is 49.2 Å². The molecule has 1 aromatic heterocycles. The average molecular weight is 419 g/mol. The number of benzene rings is 3. The number of hydrogen-bond donors (Lipinski definition) is 1. The van der Waals surface area contributed by atoms with Crippen LogP contribution in [-0.2, 0) is 13.7 Å². The monoisotopic (exact) mass is 418 g/mol. The Kier molecular flexibility index (Phi) is 5.51. The van der Waals surface area contributed by atoms with E-state index in [1.54, 1.807) is 10.7 Å².